The molecule has 111 heavy (non-hydrogen) atoms. The zero-order valence-corrected chi connectivity index (χ0v) is 60.6. The molecule has 0 N–H and O–H groups in total. The number of furan rings is 2. The third kappa shape index (κ3) is 10.4. The first-order chi connectivity index (χ1) is 54.8. The molecule has 0 bridgehead atoms. The molecule has 520 valence electrons. The van der Waals surface area contributed by atoms with Crippen LogP contribution in [-0.4, -0.2) is 29.1 Å². The summed E-state index contributed by atoms with van der Waals surface area (Å²) in [6.45, 7) is 4.70. The Kier molecular flexibility index (Phi) is 14.5. The van der Waals surface area contributed by atoms with Crippen molar-refractivity contribution in [3.8, 4) is 101 Å². The third-order valence-electron chi connectivity index (χ3n) is 22.8. The van der Waals surface area contributed by atoms with E-state index in [9.17, 15) is 0 Å². The van der Waals surface area contributed by atoms with Gasteiger partial charge in [0.05, 0.1) is 44.5 Å². The van der Waals surface area contributed by atoms with Gasteiger partial charge >= 0.3 is 0 Å². The predicted octanol–water partition coefficient (Wildman–Crippen LogP) is 27.2. The summed E-state index contributed by atoms with van der Waals surface area (Å²) in [5, 5.41) is 11.3. The van der Waals surface area contributed by atoms with Crippen LogP contribution in [0.5, 0.6) is 0 Å². The first-order valence-electron chi connectivity index (χ1n) is 37.8. The quantitative estimate of drug-likeness (QED) is 0.143. The van der Waals surface area contributed by atoms with Crippen molar-refractivity contribution in [2.45, 2.75) is 19.3 Å². The lowest BCUT2D eigenvalue weighted by molar-refractivity contribution is 0.661. The van der Waals surface area contributed by atoms with Crippen molar-refractivity contribution in [3.63, 3.8) is 0 Å². The van der Waals surface area contributed by atoms with Gasteiger partial charge in [-0.25, -0.2) is 19.9 Å². The molecule has 0 amide bonds. The van der Waals surface area contributed by atoms with E-state index >= 15 is 0 Å². The standard InChI is InChI=1S/C53H35N3O.C50H31N3O/c1-53(2)44-22-11-9-18-37(44)40-30-41-38-19-10-12-23-47(38)56(48(41)31-45(40)53)35-25-27-49-42(29-35)39-21-13-20-36(51(39)57-49)34-24-26-46-43(28-34)50(32-14-5-3-6-15-32)55-52(54-46)33-16-7-4-8-17-33;1-4-13-32(14-5-1)35-24-27-46-41(29-35)39-19-10-11-22-45(39)53(46)37-25-28-47-42(31-37)40-21-12-20-38(49(40)54-47)36-23-26-44-43(30-36)48(33-15-6-2-7-16-33)52-50(51-44)34-17-8-3-9-18-34/h3-31H,1-2H3;1-31H. The molecule has 6 heterocycles. The fourth-order valence-corrected chi connectivity index (χ4v) is 17.5. The second-order valence-corrected chi connectivity index (χ2v) is 29.5. The first kappa shape index (κ1) is 63.7. The van der Waals surface area contributed by atoms with E-state index in [4.69, 9.17) is 28.8 Å². The van der Waals surface area contributed by atoms with E-state index in [-0.39, 0.29) is 5.41 Å². The molecule has 0 spiro atoms. The summed E-state index contributed by atoms with van der Waals surface area (Å²) >= 11 is 0. The molecule has 0 aliphatic heterocycles. The highest BCUT2D eigenvalue weighted by molar-refractivity contribution is 6.16. The average molecular weight is 1420 g/mol. The molecule has 16 aromatic carbocycles. The molecule has 0 unspecified atom stereocenters. The van der Waals surface area contributed by atoms with Gasteiger partial charge in [-0.1, -0.05) is 281 Å². The Morgan fingerprint density at radius 2 is 0.640 bits per heavy atom. The van der Waals surface area contributed by atoms with Crippen LogP contribution in [0, 0.1) is 0 Å². The van der Waals surface area contributed by atoms with Crippen LogP contribution < -0.4 is 0 Å². The van der Waals surface area contributed by atoms with Crippen molar-refractivity contribution >= 4 is 109 Å². The summed E-state index contributed by atoms with van der Waals surface area (Å²) in [7, 11) is 0. The minimum atomic E-state index is -0.0938. The van der Waals surface area contributed by atoms with Gasteiger partial charge in [0.2, 0.25) is 0 Å². The maximum Gasteiger partial charge on any atom is 0.160 e. The van der Waals surface area contributed by atoms with Crippen molar-refractivity contribution in [1.29, 1.82) is 0 Å². The van der Waals surface area contributed by atoms with Crippen molar-refractivity contribution in [2.75, 3.05) is 0 Å². The highest BCUT2D eigenvalue weighted by Gasteiger charge is 2.36. The van der Waals surface area contributed by atoms with E-state index in [1.807, 2.05) is 48.5 Å². The Hall–Kier alpha value is -14.6. The maximum atomic E-state index is 6.77. The molecule has 8 heteroatoms. The fourth-order valence-electron chi connectivity index (χ4n) is 17.5. The maximum absolute atomic E-state index is 6.77. The van der Waals surface area contributed by atoms with Gasteiger partial charge in [0.25, 0.3) is 0 Å². The van der Waals surface area contributed by atoms with Crippen LogP contribution in [0.1, 0.15) is 25.0 Å². The molecule has 22 aromatic rings. The zero-order valence-electron chi connectivity index (χ0n) is 60.6. The zero-order chi connectivity index (χ0) is 73.4. The van der Waals surface area contributed by atoms with E-state index < -0.39 is 0 Å². The fraction of sp³-hybridized carbons (Fsp3) is 0.0291. The van der Waals surface area contributed by atoms with Crippen LogP contribution in [0.3, 0.4) is 0 Å². The molecule has 0 saturated carbocycles. The molecular weight excluding hydrogens is 1350 g/mol. The molecule has 8 nitrogen and oxygen atoms in total. The van der Waals surface area contributed by atoms with Gasteiger partial charge in [0.1, 0.15) is 22.3 Å². The Morgan fingerprint density at radius 1 is 0.234 bits per heavy atom. The SMILES string of the molecule is CC1(C)c2ccccc2-c2cc3c4ccccc4n(-c4ccc5oc6c(-c7ccc8nc(-c9ccccc9)nc(-c9ccccc9)c8c7)cccc6c5c4)c3cc21.c1ccc(-c2ccc3c(c2)c2ccccc2n3-c2ccc3oc4c(-c5ccc6nc(-c7ccccc7)nc(-c7ccccc7)c6c5)cccc4c3c2)cc1. The highest BCUT2D eigenvalue weighted by Crippen LogP contribution is 2.52. The van der Waals surface area contributed by atoms with E-state index in [1.165, 1.54) is 77.0 Å². The summed E-state index contributed by atoms with van der Waals surface area (Å²) in [6.07, 6.45) is 0. The number of para-hydroxylation sites is 4. The van der Waals surface area contributed by atoms with Gasteiger partial charge in [-0.15, -0.1) is 0 Å². The second kappa shape index (κ2) is 25.3. The molecule has 23 rings (SSSR count). The lowest BCUT2D eigenvalue weighted by Crippen LogP contribution is -2.14. The van der Waals surface area contributed by atoms with Gasteiger partial charge in [-0.3, -0.25) is 0 Å². The number of rotatable bonds is 9. The summed E-state index contributed by atoms with van der Waals surface area (Å²) in [5.41, 5.74) is 30.0. The molecule has 0 radical (unpaired) electrons. The number of hydrogen-bond acceptors (Lipinski definition) is 6. The van der Waals surface area contributed by atoms with Gasteiger partial charge in [0.15, 0.2) is 11.6 Å². The molecular formula is C103H66N6O2. The smallest absolute Gasteiger partial charge is 0.160 e. The molecule has 1 aliphatic carbocycles. The van der Waals surface area contributed by atoms with Crippen molar-refractivity contribution < 1.29 is 8.83 Å². The largest absolute Gasteiger partial charge is 0.455 e. The lowest BCUT2D eigenvalue weighted by Gasteiger charge is -2.21. The van der Waals surface area contributed by atoms with Crippen LogP contribution in [0.25, 0.3) is 210 Å². The number of hydrogen-bond donors (Lipinski definition) is 0. The Labute approximate surface area is 638 Å². The highest BCUT2D eigenvalue weighted by atomic mass is 16.3. The van der Waals surface area contributed by atoms with E-state index in [0.717, 1.165) is 133 Å². The van der Waals surface area contributed by atoms with E-state index in [0.29, 0.717) is 11.6 Å². The summed E-state index contributed by atoms with van der Waals surface area (Å²) in [4.78, 5) is 20.4. The molecule has 0 saturated heterocycles. The summed E-state index contributed by atoms with van der Waals surface area (Å²) < 4.78 is 18.3. The lowest BCUT2D eigenvalue weighted by atomic mass is 9.82. The van der Waals surface area contributed by atoms with Crippen LogP contribution in [0.4, 0.5) is 0 Å². The number of benzene rings is 16. The topological polar surface area (TPSA) is 87.7 Å². The Morgan fingerprint density at radius 3 is 1.16 bits per heavy atom. The van der Waals surface area contributed by atoms with Crippen molar-refractivity contribution in [2.24, 2.45) is 0 Å². The number of nitrogens with zero attached hydrogens (tertiary/aromatic N) is 6. The Bertz CT molecular complexity index is 7520. The van der Waals surface area contributed by atoms with Crippen molar-refractivity contribution in [1.82, 2.24) is 29.1 Å². The van der Waals surface area contributed by atoms with Crippen molar-refractivity contribution in [3.05, 3.63) is 375 Å². The van der Waals surface area contributed by atoms with Crippen LogP contribution in [0.2, 0.25) is 0 Å². The molecule has 0 fully saturated rings. The average Bonchev–Trinajstić information content (AvgIpc) is 1.56. The second-order valence-electron chi connectivity index (χ2n) is 29.5. The number of fused-ring (bicyclic) bond motifs is 17. The normalized spacial score (nSPS) is 12.5. The van der Waals surface area contributed by atoms with Gasteiger partial charge < -0.3 is 18.0 Å². The van der Waals surface area contributed by atoms with Crippen LogP contribution in [-0.2, 0) is 5.41 Å². The van der Waals surface area contributed by atoms with E-state index in [1.54, 1.807) is 0 Å². The summed E-state index contributed by atoms with van der Waals surface area (Å²) in [6, 6.07) is 129. The number of aromatic nitrogens is 6. The predicted molar refractivity (Wildman–Crippen MR) is 458 cm³/mol. The minimum absolute atomic E-state index is 0.0938. The van der Waals surface area contributed by atoms with Crippen LogP contribution >= 0.6 is 0 Å². The minimum Gasteiger partial charge on any atom is -0.455 e. The van der Waals surface area contributed by atoms with Gasteiger partial charge in [-0.05, 0) is 142 Å². The third-order valence-corrected chi connectivity index (χ3v) is 22.8. The van der Waals surface area contributed by atoms with Gasteiger partial charge in [-0.2, -0.15) is 0 Å². The molecule has 0 atom stereocenters. The van der Waals surface area contributed by atoms with Crippen LogP contribution in [0.15, 0.2) is 373 Å². The summed E-state index contributed by atoms with van der Waals surface area (Å²) in [5.74, 6) is 1.43. The Balaban J connectivity index is 0.000000137. The molecule has 6 aromatic heterocycles. The van der Waals surface area contributed by atoms with Gasteiger partial charge in [0, 0.05) is 104 Å². The monoisotopic (exact) mass is 1420 g/mol. The van der Waals surface area contributed by atoms with E-state index in [2.05, 4.69) is 338 Å². The molecule has 1 aliphatic rings. The first-order valence-corrected chi connectivity index (χ1v) is 37.8.